The first-order valence-corrected chi connectivity index (χ1v) is 8.06. The van der Waals surface area contributed by atoms with Gasteiger partial charge in [0.15, 0.2) is 0 Å². The normalized spacial score (nSPS) is 11.9. The van der Waals surface area contributed by atoms with Gasteiger partial charge in [0.2, 0.25) is 5.95 Å². The number of ether oxygens (including phenoxy) is 1. The zero-order chi connectivity index (χ0) is 19.4. The van der Waals surface area contributed by atoms with Gasteiger partial charge in [0.05, 0.1) is 23.5 Å². The zero-order valence-corrected chi connectivity index (χ0v) is 15.1. The maximum absolute atomic E-state index is 13.8. The van der Waals surface area contributed by atoms with E-state index in [1.54, 1.807) is 18.2 Å². The summed E-state index contributed by atoms with van der Waals surface area (Å²) in [6.45, 7) is -0.799. The van der Waals surface area contributed by atoms with Crippen LogP contribution in [0.1, 0.15) is 17.4 Å². The molecule has 7 nitrogen and oxygen atoms in total. The molecule has 1 aromatic heterocycles. The number of methoxy groups -OCH3 is 1. The summed E-state index contributed by atoms with van der Waals surface area (Å²) in [6.07, 6.45) is -1.49. The molecule has 10 heteroatoms. The fourth-order valence-corrected chi connectivity index (χ4v) is 2.74. The van der Waals surface area contributed by atoms with Crippen molar-refractivity contribution in [2.45, 2.75) is 6.10 Å². The molecule has 1 unspecified atom stereocenters. The lowest BCUT2D eigenvalue weighted by molar-refractivity contribution is -0.139. The Morgan fingerprint density at radius 3 is 2.65 bits per heavy atom. The van der Waals surface area contributed by atoms with Crippen molar-refractivity contribution < 1.29 is 24.1 Å². The van der Waals surface area contributed by atoms with E-state index in [-0.39, 0.29) is 28.5 Å². The molecule has 4 N–H and O–H groups in total. The Kier molecular flexibility index (Phi) is 6.60. The van der Waals surface area contributed by atoms with Crippen molar-refractivity contribution in [3.63, 3.8) is 0 Å². The predicted octanol–water partition coefficient (Wildman–Crippen LogP) is 2.12. The first kappa shape index (κ1) is 20.2. The minimum Gasteiger partial charge on any atom is -0.468 e. The van der Waals surface area contributed by atoms with Gasteiger partial charge in [-0.15, -0.1) is 0 Å². The smallest absolute Gasteiger partial charge is 0.325 e. The molecule has 0 aliphatic rings. The SMILES string of the molecule is COC(=O)CN(CO)c1ccccc1C(O)c1nc(F)c(Cl)c(N)c1Cl. The molecule has 0 fully saturated rings. The Balaban J connectivity index is 2.51. The summed E-state index contributed by atoms with van der Waals surface area (Å²) in [6, 6.07) is 6.32. The van der Waals surface area contributed by atoms with Crippen LogP contribution in [0.5, 0.6) is 0 Å². The molecular weight excluding hydrogens is 388 g/mol. The molecule has 0 spiro atoms. The minimum atomic E-state index is -1.49. The first-order chi connectivity index (χ1) is 12.3. The van der Waals surface area contributed by atoms with Gasteiger partial charge in [-0.2, -0.15) is 4.39 Å². The van der Waals surface area contributed by atoms with Crippen molar-refractivity contribution in [1.82, 2.24) is 4.98 Å². The van der Waals surface area contributed by atoms with Gasteiger partial charge in [-0.05, 0) is 6.07 Å². The maximum atomic E-state index is 13.8. The molecule has 0 aliphatic carbocycles. The monoisotopic (exact) mass is 403 g/mol. The first-order valence-electron chi connectivity index (χ1n) is 7.31. The minimum absolute atomic E-state index is 0.192. The van der Waals surface area contributed by atoms with Crippen molar-refractivity contribution in [3.05, 3.63) is 51.5 Å². The standard InChI is InChI=1S/C16H16Cl2FN3O4/c1-26-10(24)6-22(7-23)9-5-3-2-4-8(9)15(25)14-11(17)13(20)12(18)16(19)21-14/h2-5,15,23,25H,6-7H2,1H3,(H2,20,21). The Labute approximate surface area is 158 Å². The molecule has 140 valence electrons. The van der Waals surface area contributed by atoms with Crippen molar-refractivity contribution in [2.24, 2.45) is 0 Å². The lowest BCUT2D eigenvalue weighted by Crippen LogP contribution is -2.32. The van der Waals surface area contributed by atoms with Crippen molar-refractivity contribution in [2.75, 3.05) is 31.0 Å². The number of nitrogen functional groups attached to an aromatic ring is 1. The Bertz CT molecular complexity index is 822. The number of esters is 1. The fraction of sp³-hybridized carbons (Fsp3) is 0.250. The summed E-state index contributed by atoms with van der Waals surface area (Å²) in [5.74, 6) is -1.67. The number of rotatable bonds is 6. The predicted molar refractivity (Wildman–Crippen MR) is 95.6 cm³/mol. The second-order valence-corrected chi connectivity index (χ2v) is 5.96. The molecule has 0 bridgehead atoms. The van der Waals surface area contributed by atoms with E-state index >= 15 is 0 Å². The lowest BCUT2D eigenvalue weighted by atomic mass is 10.0. The number of para-hydroxylation sites is 1. The third-order valence-corrected chi connectivity index (χ3v) is 4.40. The molecule has 0 amide bonds. The highest BCUT2D eigenvalue weighted by Crippen LogP contribution is 2.38. The second kappa shape index (κ2) is 8.50. The number of anilines is 2. The number of nitrogens with zero attached hydrogens (tertiary/aromatic N) is 2. The van der Waals surface area contributed by atoms with Gasteiger partial charge in [0.25, 0.3) is 0 Å². The number of hydrogen-bond acceptors (Lipinski definition) is 7. The van der Waals surface area contributed by atoms with Gasteiger partial charge in [-0.3, -0.25) is 4.79 Å². The van der Waals surface area contributed by atoms with Gasteiger partial charge in [0.1, 0.15) is 24.4 Å². The summed E-state index contributed by atoms with van der Waals surface area (Å²) in [5.41, 5.74) is 5.68. The van der Waals surface area contributed by atoms with Crippen LogP contribution in [0, 0.1) is 5.95 Å². The third-order valence-electron chi connectivity index (χ3n) is 3.65. The van der Waals surface area contributed by atoms with Crippen LogP contribution >= 0.6 is 23.2 Å². The molecule has 2 aromatic rings. The molecule has 1 atom stereocenters. The molecule has 1 heterocycles. The average molecular weight is 404 g/mol. The van der Waals surface area contributed by atoms with Crippen LogP contribution in [-0.2, 0) is 9.53 Å². The summed E-state index contributed by atoms with van der Waals surface area (Å²) in [5, 5.41) is 19.6. The van der Waals surface area contributed by atoms with Crippen LogP contribution in [-0.4, -0.2) is 41.6 Å². The van der Waals surface area contributed by atoms with Crippen LogP contribution in [0.3, 0.4) is 0 Å². The summed E-state index contributed by atoms with van der Waals surface area (Å²) in [4.78, 5) is 16.4. The molecule has 0 saturated carbocycles. The number of aliphatic hydroxyl groups is 2. The van der Waals surface area contributed by atoms with Crippen molar-refractivity contribution in [1.29, 1.82) is 0 Å². The van der Waals surface area contributed by atoms with Gasteiger partial charge >= 0.3 is 5.97 Å². The summed E-state index contributed by atoms with van der Waals surface area (Å²) >= 11 is 11.7. The number of carbonyl (C=O) groups excluding carboxylic acids is 1. The van der Waals surface area contributed by atoms with Crippen LogP contribution in [0.15, 0.2) is 24.3 Å². The number of halogens is 3. The summed E-state index contributed by atoms with van der Waals surface area (Å²) < 4.78 is 18.4. The number of carbonyl (C=O) groups is 1. The summed E-state index contributed by atoms with van der Waals surface area (Å²) in [7, 11) is 1.21. The van der Waals surface area contributed by atoms with E-state index in [1.165, 1.54) is 18.1 Å². The molecule has 0 saturated heterocycles. The Morgan fingerprint density at radius 2 is 2.04 bits per heavy atom. The fourth-order valence-electron chi connectivity index (χ4n) is 2.32. The number of nitrogens with two attached hydrogens (primary N) is 1. The average Bonchev–Trinajstić information content (AvgIpc) is 2.66. The quantitative estimate of drug-likeness (QED) is 0.385. The van der Waals surface area contributed by atoms with Crippen LogP contribution < -0.4 is 10.6 Å². The molecule has 1 aromatic carbocycles. The van der Waals surface area contributed by atoms with Crippen LogP contribution in [0.2, 0.25) is 10.0 Å². The number of aromatic nitrogens is 1. The third kappa shape index (κ3) is 3.99. The lowest BCUT2D eigenvalue weighted by Gasteiger charge is -2.25. The van der Waals surface area contributed by atoms with E-state index in [0.29, 0.717) is 5.69 Å². The second-order valence-electron chi connectivity index (χ2n) is 5.21. The molecule has 0 radical (unpaired) electrons. The van der Waals surface area contributed by atoms with E-state index in [2.05, 4.69) is 9.72 Å². The van der Waals surface area contributed by atoms with E-state index in [9.17, 15) is 19.4 Å². The maximum Gasteiger partial charge on any atom is 0.325 e. The van der Waals surface area contributed by atoms with Gasteiger partial charge in [-0.25, -0.2) is 4.98 Å². The molecule has 0 aliphatic heterocycles. The van der Waals surface area contributed by atoms with E-state index in [0.717, 1.165) is 0 Å². The van der Waals surface area contributed by atoms with E-state index in [4.69, 9.17) is 28.9 Å². The van der Waals surface area contributed by atoms with E-state index in [1.807, 2.05) is 0 Å². The molecule has 2 rings (SSSR count). The largest absolute Gasteiger partial charge is 0.468 e. The van der Waals surface area contributed by atoms with Crippen LogP contribution in [0.4, 0.5) is 15.8 Å². The molecular formula is C16H16Cl2FN3O4. The van der Waals surface area contributed by atoms with Crippen molar-refractivity contribution in [3.8, 4) is 0 Å². The number of aliphatic hydroxyl groups excluding tert-OH is 2. The van der Waals surface area contributed by atoms with E-state index < -0.39 is 29.8 Å². The Morgan fingerprint density at radius 1 is 1.38 bits per heavy atom. The zero-order valence-electron chi connectivity index (χ0n) is 13.6. The Hall–Kier alpha value is -2.13. The highest BCUT2D eigenvalue weighted by atomic mass is 35.5. The topological polar surface area (TPSA) is 109 Å². The van der Waals surface area contributed by atoms with Gasteiger partial charge in [0, 0.05) is 11.3 Å². The van der Waals surface area contributed by atoms with Crippen LogP contribution in [0.25, 0.3) is 0 Å². The number of pyridine rings is 1. The highest BCUT2D eigenvalue weighted by molar-refractivity contribution is 6.39. The number of benzene rings is 1. The van der Waals surface area contributed by atoms with Gasteiger partial charge < -0.3 is 25.6 Å². The van der Waals surface area contributed by atoms with Crippen molar-refractivity contribution >= 4 is 40.5 Å². The highest BCUT2D eigenvalue weighted by Gasteiger charge is 2.25. The molecule has 26 heavy (non-hydrogen) atoms. The van der Waals surface area contributed by atoms with Gasteiger partial charge in [-0.1, -0.05) is 41.4 Å². The number of hydrogen-bond donors (Lipinski definition) is 3.